The van der Waals surface area contributed by atoms with E-state index >= 15 is 0 Å². The first-order valence-corrected chi connectivity index (χ1v) is 8.06. The molecule has 0 aromatic carbocycles. The van der Waals surface area contributed by atoms with Gasteiger partial charge in [-0.05, 0) is 50.2 Å². The second kappa shape index (κ2) is 8.16. The highest BCUT2D eigenvalue weighted by Crippen LogP contribution is 2.27. The Hall–Kier alpha value is -0.0800. The predicted octanol–water partition coefficient (Wildman–Crippen LogP) is 3.52. The lowest BCUT2D eigenvalue weighted by molar-refractivity contribution is 0.110. The van der Waals surface area contributed by atoms with E-state index in [9.17, 15) is 0 Å². The summed E-state index contributed by atoms with van der Waals surface area (Å²) in [5, 5.41) is 3.56. The molecule has 1 atom stereocenters. The molecule has 0 aromatic heterocycles. The van der Waals surface area contributed by atoms with Crippen molar-refractivity contribution in [1.82, 2.24) is 10.2 Å². The molecule has 1 rings (SSSR count). The van der Waals surface area contributed by atoms with Gasteiger partial charge in [0, 0.05) is 13.1 Å². The van der Waals surface area contributed by atoms with Crippen LogP contribution in [0.3, 0.4) is 0 Å². The lowest BCUT2D eigenvalue weighted by atomic mass is 9.83. The van der Waals surface area contributed by atoms with Crippen LogP contribution in [0.1, 0.15) is 59.8 Å². The van der Waals surface area contributed by atoms with Crippen molar-refractivity contribution < 1.29 is 0 Å². The predicted molar refractivity (Wildman–Crippen MR) is 81.0 cm³/mol. The van der Waals surface area contributed by atoms with E-state index in [0.717, 1.165) is 12.5 Å². The van der Waals surface area contributed by atoms with Gasteiger partial charge < -0.3 is 10.2 Å². The highest BCUT2D eigenvalue weighted by molar-refractivity contribution is 4.82. The minimum Gasteiger partial charge on any atom is -0.316 e. The van der Waals surface area contributed by atoms with Gasteiger partial charge in [0.15, 0.2) is 0 Å². The van der Waals surface area contributed by atoms with Crippen molar-refractivity contribution in [2.75, 3.05) is 32.7 Å². The van der Waals surface area contributed by atoms with Crippen molar-refractivity contribution in [1.29, 1.82) is 0 Å². The fraction of sp³-hybridized carbons (Fsp3) is 1.00. The summed E-state index contributed by atoms with van der Waals surface area (Å²) in [4.78, 5) is 2.71. The summed E-state index contributed by atoms with van der Waals surface area (Å²) in [6, 6.07) is 0. The Kier molecular flexibility index (Phi) is 7.25. The number of rotatable bonds is 8. The van der Waals surface area contributed by atoms with Crippen molar-refractivity contribution in [2.45, 2.75) is 59.8 Å². The summed E-state index contributed by atoms with van der Waals surface area (Å²) in [7, 11) is 0. The number of nitrogens with one attached hydrogen (secondary N) is 1. The van der Waals surface area contributed by atoms with Gasteiger partial charge in [0.25, 0.3) is 0 Å². The Morgan fingerprint density at radius 2 is 1.83 bits per heavy atom. The molecule has 0 bridgehead atoms. The molecule has 2 heteroatoms. The molecule has 2 nitrogen and oxygen atoms in total. The first-order valence-electron chi connectivity index (χ1n) is 8.06. The molecule has 1 fully saturated rings. The third-order valence-corrected chi connectivity index (χ3v) is 4.55. The van der Waals surface area contributed by atoms with Crippen LogP contribution < -0.4 is 5.32 Å². The highest BCUT2D eigenvalue weighted by Gasteiger charge is 2.28. The summed E-state index contributed by atoms with van der Waals surface area (Å²) in [5.41, 5.74) is 0.462. The van der Waals surface area contributed by atoms with Crippen LogP contribution in [0, 0.1) is 11.3 Å². The summed E-state index contributed by atoms with van der Waals surface area (Å²) >= 11 is 0. The largest absolute Gasteiger partial charge is 0.316 e. The third-order valence-electron chi connectivity index (χ3n) is 4.55. The first kappa shape index (κ1) is 16.0. The van der Waals surface area contributed by atoms with Gasteiger partial charge in [-0.15, -0.1) is 0 Å². The minimum atomic E-state index is 0.462. The van der Waals surface area contributed by atoms with Crippen LogP contribution in [0.5, 0.6) is 0 Å². The van der Waals surface area contributed by atoms with Crippen molar-refractivity contribution in [3.05, 3.63) is 0 Å². The van der Waals surface area contributed by atoms with E-state index in [0.29, 0.717) is 5.41 Å². The zero-order valence-electron chi connectivity index (χ0n) is 13.1. The maximum atomic E-state index is 3.56. The number of likely N-dealkylation sites (tertiary alicyclic amines) is 1. The van der Waals surface area contributed by atoms with Crippen molar-refractivity contribution in [3.8, 4) is 0 Å². The summed E-state index contributed by atoms with van der Waals surface area (Å²) in [6.07, 6.45) is 6.85. The first-order chi connectivity index (χ1) is 8.63. The van der Waals surface area contributed by atoms with Gasteiger partial charge in [0.05, 0.1) is 0 Å². The molecular formula is C16H34N2. The summed E-state index contributed by atoms with van der Waals surface area (Å²) in [6.45, 7) is 15.5. The zero-order chi connectivity index (χ0) is 13.4. The number of hydrogen-bond acceptors (Lipinski definition) is 2. The molecule has 1 unspecified atom stereocenters. The molecule has 0 amide bonds. The molecule has 1 aliphatic heterocycles. The quantitative estimate of drug-likeness (QED) is 0.713. The van der Waals surface area contributed by atoms with Crippen molar-refractivity contribution in [3.63, 3.8) is 0 Å². The SMILES string of the molecule is CCCC(C)(CNCC)CN1CCC(CC)CC1. The average Bonchev–Trinajstić information content (AvgIpc) is 2.38. The minimum absolute atomic E-state index is 0.462. The van der Waals surface area contributed by atoms with Crippen LogP contribution >= 0.6 is 0 Å². The van der Waals surface area contributed by atoms with E-state index in [1.165, 1.54) is 58.3 Å². The van der Waals surface area contributed by atoms with Crippen molar-refractivity contribution >= 4 is 0 Å². The van der Waals surface area contributed by atoms with Gasteiger partial charge in [-0.25, -0.2) is 0 Å². The molecule has 1 aliphatic rings. The van der Waals surface area contributed by atoms with Crippen LogP contribution in [0.15, 0.2) is 0 Å². The molecule has 0 saturated carbocycles. The standard InChI is InChI=1S/C16H34N2/c1-5-10-16(4,13-17-7-3)14-18-11-8-15(6-2)9-12-18/h15,17H,5-14H2,1-4H3. The Morgan fingerprint density at radius 3 is 2.33 bits per heavy atom. The van der Waals surface area contributed by atoms with E-state index in [-0.39, 0.29) is 0 Å². The third kappa shape index (κ3) is 5.27. The molecule has 1 heterocycles. The summed E-state index contributed by atoms with van der Waals surface area (Å²) < 4.78 is 0. The fourth-order valence-corrected chi connectivity index (χ4v) is 3.35. The monoisotopic (exact) mass is 254 g/mol. The molecule has 0 radical (unpaired) electrons. The van der Waals surface area contributed by atoms with Crippen LogP contribution in [0.25, 0.3) is 0 Å². The van der Waals surface area contributed by atoms with Gasteiger partial charge in [-0.1, -0.05) is 40.5 Å². The van der Waals surface area contributed by atoms with Crippen LogP contribution in [-0.4, -0.2) is 37.6 Å². The van der Waals surface area contributed by atoms with Gasteiger partial charge in [0.2, 0.25) is 0 Å². The second-order valence-electron chi connectivity index (χ2n) is 6.47. The smallest absolute Gasteiger partial charge is 0.00475 e. The zero-order valence-corrected chi connectivity index (χ0v) is 13.1. The second-order valence-corrected chi connectivity index (χ2v) is 6.47. The molecule has 108 valence electrons. The molecule has 0 spiro atoms. The fourth-order valence-electron chi connectivity index (χ4n) is 3.35. The average molecular weight is 254 g/mol. The van der Waals surface area contributed by atoms with Crippen LogP contribution in [-0.2, 0) is 0 Å². The molecule has 0 aliphatic carbocycles. The number of nitrogens with zero attached hydrogens (tertiary/aromatic N) is 1. The van der Waals surface area contributed by atoms with E-state index in [1.807, 2.05) is 0 Å². The Morgan fingerprint density at radius 1 is 1.17 bits per heavy atom. The van der Waals surface area contributed by atoms with E-state index < -0.39 is 0 Å². The summed E-state index contributed by atoms with van der Waals surface area (Å²) in [5.74, 6) is 0.993. The molecular weight excluding hydrogens is 220 g/mol. The molecule has 0 aromatic rings. The maximum absolute atomic E-state index is 3.56. The highest BCUT2D eigenvalue weighted by atomic mass is 15.1. The van der Waals surface area contributed by atoms with Gasteiger partial charge in [-0.2, -0.15) is 0 Å². The maximum Gasteiger partial charge on any atom is 0.00475 e. The van der Waals surface area contributed by atoms with Gasteiger partial charge in [0.1, 0.15) is 0 Å². The molecule has 18 heavy (non-hydrogen) atoms. The topological polar surface area (TPSA) is 15.3 Å². The van der Waals surface area contributed by atoms with E-state index in [2.05, 4.69) is 37.9 Å². The van der Waals surface area contributed by atoms with Gasteiger partial charge in [-0.3, -0.25) is 0 Å². The van der Waals surface area contributed by atoms with Gasteiger partial charge >= 0.3 is 0 Å². The normalized spacial score (nSPS) is 22.0. The molecule has 1 saturated heterocycles. The Balaban J connectivity index is 2.40. The van der Waals surface area contributed by atoms with E-state index in [1.54, 1.807) is 0 Å². The Bertz CT molecular complexity index is 209. The molecule has 1 N–H and O–H groups in total. The van der Waals surface area contributed by atoms with Crippen LogP contribution in [0.2, 0.25) is 0 Å². The number of hydrogen-bond donors (Lipinski definition) is 1. The van der Waals surface area contributed by atoms with Crippen LogP contribution in [0.4, 0.5) is 0 Å². The van der Waals surface area contributed by atoms with Crippen molar-refractivity contribution in [2.24, 2.45) is 11.3 Å². The Labute approximate surface area is 115 Å². The lowest BCUT2D eigenvalue weighted by Crippen LogP contribution is -2.45. The number of piperidine rings is 1. The lowest BCUT2D eigenvalue weighted by Gasteiger charge is -2.39. The van der Waals surface area contributed by atoms with E-state index in [4.69, 9.17) is 0 Å².